The minimum Gasteiger partial charge on any atom is -0.356 e. The van der Waals surface area contributed by atoms with E-state index in [1.807, 2.05) is 0 Å². The summed E-state index contributed by atoms with van der Waals surface area (Å²) < 4.78 is 0. The molecule has 0 radical (unpaired) electrons. The molecule has 6 nitrogen and oxygen atoms in total. The quantitative estimate of drug-likeness (QED) is 0.662. The van der Waals surface area contributed by atoms with Crippen molar-refractivity contribution in [2.75, 3.05) is 13.1 Å². The summed E-state index contributed by atoms with van der Waals surface area (Å²) in [4.78, 5) is 29.7. The third-order valence-corrected chi connectivity index (χ3v) is 5.75. The van der Waals surface area contributed by atoms with Crippen LogP contribution in [0.5, 0.6) is 0 Å². The third-order valence-electron chi connectivity index (χ3n) is 5.75. The highest BCUT2D eigenvalue weighted by Crippen LogP contribution is 2.35. The SMILES string of the molecule is CC1ONCC1CCCNC(=O)C1CC(=O)NC2CCCCC21. The monoisotopic (exact) mass is 323 g/mol. The largest absolute Gasteiger partial charge is 0.356 e. The molecule has 2 amide bonds. The van der Waals surface area contributed by atoms with E-state index in [1.54, 1.807) is 0 Å². The molecule has 5 unspecified atom stereocenters. The van der Waals surface area contributed by atoms with Crippen LogP contribution in [-0.4, -0.2) is 37.0 Å². The minimum absolute atomic E-state index is 0.0382. The zero-order chi connectivity index (χ0) is 16.2. The van der Waals surface area contributed by atoms with Gasteiger partial charge in [-0.2, -0.15) is 0 Å². The zero-order valence-electron chi connectivity index (χ0n) is 14.0. The van der Waals surface area contributed by atoms with Crippen molar-refractivity contribution >= 4 is 11.8 Å². The van der Waals surface area contributed by atoms with Gasteiger partial charge in [-0.25, -0.2) is 5.48 Å². The highest BCUT2D eigenvalue weighted by Gasteiger charge is 2.41. The molecule has 2 aliphatic heterocycles. The summed E-state index contributed by atoms with van der Waals surface area (Å²) in [6.45, 7) is 3.66. The summed E-state index contributed by atoms with van der Waals surface area (Å²) in [6.07, 6.45) is 7.02. The predicted molar refractivity (Wildman–Crippen MR) is 86.3 cm³/mol. The lowest BCUT2D eigenvalue weighted by molar-refractivity contribution is -0.137. The van der Waals surface area contributed by atoms with Gasteiger partial charge in [0.2, 0.25) is 11.8 Å². The van der Waals surface area contributed by atoms with Gasteiger partial charge in [0.15, 0.2) is 0 Å². The van der Waals surface area contributed by atoms with Gasteiger partial charge in [-0.05, 0) is 38.5 Å². The van der Waals surface area contributed by atoms with E-state index in [1.165, 1.54) is 6.42 Å². The van der Waals surface area contributed by atoms with Crippen molar-refractivity contribution in [3.63, 3.8) is 0 Å². The molecule has 3 rings (SSSR count). The fourth-order valence-corrected chi connectivity index (χ4v) is 4.32. The molecule has 6 heteroatoms. The molecule has 3 N–H and O–H groups in total. The number of piperidine rings is 1. The van der Waals surface area contributed by atoms with Crippen molar-refractivity contribution in [1.29, 1.82) is 0 Å². The Balaban J connectivity index is 1.44. The van der Waals surface area contributed by atoms with Gasteiger partial charge in [0.25, 0.3) is 0 Å². The average Bonchev–Trinajstić information content (AvgIpc) is 2.95. The molecule has 0 aromatic rings. The second-order valence-corrected chi connectivity index (χ2v) is 7.30. The van der Waals surface area contributed by atoms with Crippen LogP contribution in [0.15, 0.2) is 0 Å². The molecule has 5 atom stereocenters. The van der Waals surface area contributed by atoms with E-state index in [4.69, 9.17) is 4.84 Å². The van der Waals surface area contributed by atoms with Crippen LogP contribution in [0, 0.1) is 17.8 Å². The van der Waals surface area contributed by atoms with E-state index in [-0.39, 0.29) is 29.9 Å². The molecule has 0 aromatic heterocycles. The highest BCUT2D eigenvalue weighted by atomic mass is 16.7. The third kappa shape index (κ3) is 4.04. The van der Waals surface area contributed by atoms with E-state index in [0.29, 0.717) is 24.8 Å². The van der Waals surface area contributed by atoms with Crippen molar-refractivity contribution < 1.29 is 14.4 Å². The van der Waals surface area contributed by atoms with Gasteiger partial charge in [0, 0.05) is 31.5 Å². The van der Waals surface area contributed by atoms with Gasteiger partial charge >= 0.3 is 0 Å². The molecule has 3 fully saturated rings. The zero-order valence-corrected chi connectivity index (χ0v) is 14.0. The van der Waals surface area contributed by atoms with Gasteiger partial charge in [0.05, 0.1) is 12.0 Å². The van der Waals surface area contributed by atoms with Crippen LogP contribution in [0.4, 0.5) is 0 Å². The standard InChI is InChI=1S/C17H29N3O3/c1-11-12(10-19-23-11)5-4-8-18-17(22)14-9-16(21)20-15-7-3-2-6-13(14)15/h11-15,19H,2-10H2,1H3,(H,18,22)(H,20,21). The molecule has 1 aliphatic carbocycles. The first-order chi connectivity index (χ1) is 11.1. The van der Waals surface area contributed by atoms with Crippen molar-refractivity contribution in [3.05, 3.63) is 0 Å². The normalized spacial score (nSPS) is 37.1. The van der Waals surface area contributed by atoms with Crippen molar-refractivity contribution in [3.8, 4) is 0 Å². The summed E-state index contributed by atoms with van der Waals surface area (Å²) in [5, 5.41) is 6.14. The summed E-state index contributed by atoms with van der Waals surface area (Å²) in [6, 6.07) is 0.211. The number of hydrogen-bond donors (Lipinski definition) is 3. The lowest BCUT2D eigenvalue weighted by Gasteiger charge is -2.40. The Bertz CT molecular complexity index is 443. The first-order valence-corrected chi connectivity index (χ1v) is 9.10. The number of hydroxylamine groups is 1. The van der Waals surface area contributed by atoms with Crippen LogP contribution in [0.3, 0.4) is 0 Å². The Morgan fingerprint density at radius 3 is 2.96 bits per heavy atom. The Morgan fingerprint density at radius 1 is 1.35 bits per heavy atom. The van der Waals surface area contributed by atoms with E-state index in [9.17, 15) is 9.59 Å². The summed E-state index contributed by atoms with van der Waals surface area (Å²) in [7, 11) is 0. The molecule has 0 aromatic carbocycles. The van der Waals surface area contributed by atoms with Crippen LogP contribution in [0.1, 0.15) is 51.9 Å². The van der Waals surface area contributed by atoms with Gasteiger partial charge in [-0.1, -0.05) is 12.8 Å². The van der Waals surface area contributed by atoms with Gasteiger partial charge in [-0.15, -0.1) is 0 Å². The molecular formula is C17H29N3O3. The second-order valence-electron chi connectivity index (χ2n) is 7.30. The summed E-state index contributed by atoms with van der Waals surface area (Å²) in [5.41, 5.74) is 2.93. The molecule has 23 heavy (non-hydrogen) atoms. The molecular weight excluding hydrogens is 294 g/mol. The van der Waals surface area contributed by atoms with Crippen LogP contribution >= 0.6 is 0 Å². The fraction of sp³-hybridized carbons (Fsp3) is 0.882. The lowest BCUT2D eigenvalue weighted by atomic mass is 9.72. The fourth-order valence-electron chi connectivity index (χ4n) is 4.32. The van der Waals surface area contributed by atoms with Gasteiger partial charge < -0.3 is 10.6 Å². The van der Waals surface area contributed by atoms with Crippen LogP contribution < -0.4 is 16.1 Å². The Morgan fingerprint density at radius 2 is 2.17 bits per heavy atom. The molecule has 0 spiro atoms. The Kier molecular flexibility index (Phi) is 5.54. The summed E-state index contributed by atoms with van der Waals surface area (Å²) >= 11 is 0. The molecule has 0 bridgehead atoms. The van der Waals surface area contributed by atoms with Crippen molar-refractivity contribution in [1.82, 2.24) is 16.1 Å². The van der Waals surface area contributed by atoms with Gasteiger partial charge in [-0.3, -0.25) is 14.4 Å². The number of amides is 2. The van der Waals surface area contributed by atoms with Crippen LogP contribution in [0.25, 0.3) is 0 Å². The molecule has 1 saturated carbocycles. The first kappa shape index (κ1) is 16.7. The molecule has 3 aliphatic rings. The number of carbonyl (C=O) groups is 2. The minimum atomic E-state index is -0.135. The highest BCUT2D eigenvalue weighted by molar-refractivity contribution is 5.87. The maximum atomic E-state index is 12.5. The average molecular weight is 323 g/mol. The van der Waals surface area contributed by atoms with Crippen molar-refractivity contribution in [2.45, 2.75) is 64.0 Å². The Hall–Kier alpha value is -1.14. The van der Waals surface area contributed by atoms with E-state index < -0.39 is 0 Å². The topological polar surface area (TPSA) is 79.5 Å². The van der Waals surface area contributed by atoms with Crippen LogP contribution in [0.2, 0.25) is 0 Å². The van der Waals surface area contributed by atoms with Crippen molar-refractivity contribution in [2.24, 2.45) is 17.8 Å². The number of fused-ring (bicyclic) bond motifs is 1. The smallest absolute Gasteiger partial charge is 0.223 e. The molecule has 130 valence electrons. The Labute approximate surface area is 138 Å². The second kappa shape index (κ2) is 7.62. The predicted octanol–water partition coefficient (Wildman–Crippen LogP) is 1.12. The maximum Gasteiger partial charge on any atom is 0.223 e. The van der Waals surface area contributed by atoms with E-state index >= 15 is 0 Å². The van der Waals surface area contributed by atoms with E-state index in [0.717, 1.165) is 38.6 Å². The van der Waals surface area contributed by atoms with Crippen LogP contribution in [-0.2, 0) is 14.4 Å². The first-order valence-electron chi connectivity index (χ1n) is 9.10. The van der Waals surface area contributed by atoms with E-state index in [2.05, 4.69) is 23.0 Å². The number of carbonyl (C=O) groups excluding carboxylic acids is 2. The summed E-state index contributed by atoms with van der Waals surface area (Å²) in [5.74, 6) is 0.829. The molecule has 2 heterocycles. The lowest BCUT2D eigenvalue weighted by Crippen LogP contribution is -2.54. The maximum absolute atomic E-state index is 12.5. The number of rotatable bonds is 5. The number of hydrogen-bond acceptors (Lipinski definition) is 4. The van der Waals surface area contributed by atoms with Gasteiger partial charge in [0.1, 0.15) is 0 Å². The number of nitrogens with one attached hydrogen (secondary N) is 3. The molecule has 2 saturated heterocycles.